The molecule has 3 aromatic rings. The number of nitrogens with one attached hydrogen (secondary N) is 1. The molecule has 0 bridgehead atoms. The van der Waals surface area contributed by atoms with Gasteiger partial charge in [0.1, 0.15) is 5.69 Å². The average Bonchev–Trinajstić information content (AvgIpc) is 3.29. The van der Waals surface area contributed by atoms with Crippen molar-refractivity contribution in [3.8, 4) is 11.3 Å². The third-order valence-electron chi connectivity index (χ3n) is 4.47. The molecule has 24 heavy (non-hydrogen) atoms. The lowest BCUT2D eigenvalue weighted by molar-refractivity contribution is 0.0746. The van der Waals surface area contributed by atoms with Crippen LogP contribution in [0.2, 0.25) is 0 Å². The van der Waals surface area contributed by atoms with Crippen LogP contribution in [0.15, 0.2) is 41.8 Å². The number of H-pyrrole nitrogens is 1. The number of aryl methyl sites for hydroxylation is 1. The van der Waals surface area contributed by atoms with Gasteiger partial charge < -0.3 is 4.90 Å². The fraction of sp³-hybridized carbons (Fsp3) is 0.263. The summed E-state index contributed by atoms with van der Waals surface area (Å²) in [6, 6.07) is 12.4. The van der Waals surface area contributed by atoms with Crippen molar-refractivity contribution < 1.29 is 4.79 Å². The van der Waals surface area contributed by atoms with Crippen LogP contribution < -0.4 is 0 Å². The minimum Gasteiger partial charge on any atom is -0.325 e. The highest BCUT2D eigenvalue weighted by Crippen LogP contribution is 2.43. The normalized spacial score (nSPS) is 16.7. The maximum absolute atomic E-state index is 12.9. The van der Waals surface area contributed by atoms with Crippen LogP contribution in [-0.4, -0.2) is 27.5 Å². The fourth-order valence-electron chi connectivity index (χ4n) is 3.34. The number of aromatic amines is 1. The molecule has 1 aromatic carbocycles. The van der Waals surface area contributed by atoms with Gasteiger partial charge >= 0.3 is 0 Å². The molecule has 0 radical (unpaired) electrons. The summed E-state index contributed by atoms with van der Waals surface area (Å²) in [7, 11) is 0. The molecule has 0 aliphatic carbocycles. The SMILES string of the molecule is CCCN1C(=O)c2[nH]nc(-c3ccc(C)cc3)c2C1c1cccs1. The molecule has 5 heteroatoms. The first kappa shape index (κ1) is 15.1. The van der Waals surface area contributed by atoms with Crippen molar-refractivity contribution in [1.29, 1.82) is 0 Å². The zero-order chi connectivity index (χ0) is 16.7. The quantitative estimate of drug-likeness (QED) is 0.767. The van der Waals surface area contributed by atoms with E-state index in [1.54, 1.807) is 11.3 Å². The van der Waals surface area contributed by atoms with Crippen molar-refractivity contribution in [1.82, 2.24) is 15.1 Å². The van der Waals surface area contributed by atoms with Crippen molar-refractivity contribution >= 4 is 17.2 Å². The van der Waals surface area contributed by atoms with Crippen LogP contribution in [0.1, 0.15) is 45.9 Å². The molecule has 1 unspecified atom stereocenters. The molecule has 0 saturated carbocycles. The lowest BCUT2D eigenvalue weighted by Gasteiger charge is -2.24. The van der Waals surface area contributed by atoms with Gasteiger partial charge in [-0.2, -0.15) is 5.10 Å². The molecule has 4 nitrogen and oxygen atoms in total. The van der Waals surface area contributed by atoms with Gasteiger partial charge in [-0.1, -0.05) is 42.8 Å². The van der Waals surface area contributed by atoms with E-state index in [0.717, 1.165) is 29.8 Å². The van der Waals surface area contributed by atoms with Gasteiger partial charge in [0.05, 0.1) is 11.7 Å². The summed E-state index contributed by atoms with van der Waals surface area (Å²) in [6.45, 7) is 4.92. The Hall–Kier alpha value is -2.40. The number of aromatic nitrogens is 2. The molecule has 3 heterocycles. The van der Waals surface area contributed by atoms with Gasteiger partial charge in [0.15, 0.2) is 0 Å². The Kier molecular flexibility index (Phi) is 3.73. The summed E-state index contributed by atoms with van der Waals surface area (Å²) < 4.78 is 0. The molecule has 122 valence electrons. The summed E-state index contributed by atoms with van der Waals surface area (Å²) in [5, 5.41) is 9.53. The molecule has 0 fully saturated rings. The zero-order valence-corrected chi connectivity index (χ0v) is 14.6. The van der Waals surface area contributed by atoms with E-state index in [9.17, 15) is 4.79 Å². The lowest BCUT2D eigenvalue weighted by atomic mass is 10.00. The molecule has 1 amide bonds. The van der Waals surface area contributed by atoms with Crippen LogP contribution in [0.25, 0.3) is 11.3 Å². The number of hydrogen-bond donors (Lipinski definition) is 1. The highest BCUT2D eigenvalue weighted by atomic mass is 32.1. The van der Waals surface area contributed by atoms with Crippen LogP contribution in [-0.2, 0) is 0 Å². The van der Waals surface area contributed by atoms with Gasteiger partial charge in [-0.15, -0.1) is 11.3 Å². The Bertz CT molecular complexity index is 865. The standard InChI is InChI=1S/C19H19N3OS/c1-3-10-22-18(14-5-4-11-24-14)15-16(20-21-17(15)19(22)23)13-8-6-12(2)7-9-13/h4-9,11,18H,3,10H2,1-2H3,(H,20,21). The minimum atomic E-state index is -0.0393. The Morgan fingerprint density at radius 1 is 1.25 bits per heavy atom. The summed E-state index contributed by atoms with van der Waals surface area (Å²) in [5.41, 5.74) is 4.79. The molecular formula is C19H19N3OS. The second kappa shape index (κ2) is 5.91. The number of thiophene rings is 1. The van der Waals surface area contributed by atoms with Gasteiger partial charge in [-0.25, -0.2) is 0 Å². The topological polar surface area (TPSA) is 49.0 Å². The molecule has 0 spiro atoms. The monoisotopic (exact) mass is 337 g/mol. The smallest absolute Gasteiger partial charge is 0.273 e. The van der Waals surface area contributed by atoms with E-state index >= 15 is 0 Å². The number of carbonyl (C=O) groups is 1. The Balaban J connectivity index is 1.87. The second-order valence-corrected chi connectivity index (χ2v) is 7.12. The first-order chi connectivity index (χ1) is 11.7. The number of benzene rings is 1. The van der Waals surface area contributed by atoms with Crippen LogP contribution in [0.4, 0.5) is 0 Å². The number of carbonyl (C=O) groups excluding carboxylic acids is 1. The van der Waals surface area contributed by atoms with Crippen molar-refractivity contribution in [3.63, 3.8) is 0 Å². The highest BCUT2D eigenvalue weighted by Gasteiger charge is 2.42. The van der Waals surface area contributed by atoms with Gasteiger partial charge in [0.2, 0.25) is 0 Å². The van der Waals surface area contributed by atoms with Gasteiger partial charge in [0, 0.05) is 22.5 Å². The summed E-state index contributed by atoms with van der Waals surface area (Å²) in [5.74, 6) is 0.0520. The molecule has 1 aliphatic heterocycles. The van der Waals surface area contributed by atoms with E-state index < -0.39 is 0 Å². The van der Waals surface area contributed by atoms with Crippen molar-refractivity contribution in [2.24, 2.45) is 0 Å². The van der Waals surface area contributed by atoms with Gasteiger partial charge in [0.25, 0.3) is 5.91 Å². The molecule has 1 N–H and O–H groups in total. The van der Waals surface area contributed by atoms with Gasteiger partial charge in [-0.3, -0.25) is 9.89 Å². The van der Waals surface area contributed by atoms with Crippen molar-refractivity contribution in [3.05, 3.63) is 63.5 Å². The zero-order valence-electron chi connectivity index (χ0n) is 13.7. The van der Waals surface area contributed by atoms with Crippen LogP contribution in [0.3, 0.4) is 0 Å². The van der Waals surface area contributed by atoms with Crippen LogP contribution in [0.5, 0.6) is 0 Å². The molecule has 4 rings (SSSR count). The van der Waals surface area contributed by atoms with E-state index in [0.29, 0.717) is 5.69 Å². The highest BCUT2D eigenvalue weighted by molar-refractivity contribution is 7.10. The third kappa shape index (κ3) is 2.27. The first-order valence-corrected chi connectivity index (χ1v) is 9.08. The maximum Gasteiger partial charge on any atom is 0.273 e. The first-order valence-electron chi connectivity index (χ1n) is 8.20. The van der Waals surface area contributed by atoms with E-state index in [4.69, 9.17) is 0 Å². The predicted octanol–water partition coefficient (Wildman–Crippen LogP) is 4.40. The van der Waals surface area contributed by atoms with E-state index in [1.807, 2.05) is 11.0 Å². The van der Waals surface area contributed by atoms with Crippen LogP contribution >= 0.6 is 11.3 Å². The largest absolute Gasteiger partial charge is 0.325 e. The fourth-order valence-corrected chi connectivity index (χ4v) is 4.19. The lowest BCUT2D eigenvalue weighted by Crippen LogP contribution is -2.29. The Morgan fingerprint density at radius 3 is 2.71 bits per heavy atom. The van der Waals surface area contributed by atoms with Crippen molar-refractivity contribution in [2.75, 3.05) is 6.54 Å². The Morgan fingerprint density at radius 2 is 2.04 bits per heavy atom. The van der Waals surface area contributed by atoms with E-state index in [-0.39, 0.29) is 11.9 Å². The number of amides is 1. The maximum atomic E-state index is 12.9. The summed E-state index contributed by atoms with van der Waals surface area (Å²) in [4.78, 5) is 16.0. The van der Waals surface area contributed by atoms with Crippen molar-refractivity contribution in [2.45, 2.75) is 26.3 Å². The second-order valence-electron chi connectivity index (χ2n) is 6.14. The van der Waals surface area contributed by atoms with Gasteiger partial charge in [-0.05, 0) is 24.8 Å². The average molecular weight is 337 g/mol. The Labute approximate surface area is 145 Å². The number of rotatable bonds is 4. The van der Waals surface area contributed by atoms with E-state index in [1.165, 1.54) is 10.4 Å². The minimum absolute atomic E-state index is 0.0393. The molecule has 2 aromatic heterocycles. The number of hydrogen-bond acceptors (Lipinski definition) is 3. The predicted molar refractivity (Wildman–Crippen MR) is 96.3 cm³/mol. The third-order valence-corrected chi connectivity index (χ3v) is 5.39. The van der Waals surface area contributed by atoms with E-state index in [2.05, 4.69) is 59.8 Å². The molecule has 1 aliphatic rings. The summed E-state index contributed by atoms with van der Waals surface area (Å²) in [6.07, 6.45) is 0.936. The molecular weight excluding hydrogens is 318 g/mol. The summed E-state index contributed by atoms with van der Waals surface area (Å²) >= 11 is 1.69. The number of fused-ring (bicyclic) bond motifs is 1. The molecule has 1 atom stereocenters. The van der Waals surface area contributed by atoms with Crippen LogP contribution in [0, 0.1) is 6.92 Å². The number of nitrogens with zero attached hydrogens (tertiary/aromatic N) is 2. The molecule has 0 saturated heterocycles.